The molecule has 0 aliphatic heterocycles. The van der Waals surface area contributed by atoms with Gasteiger partial charge in [-0.25, -0.2) is 0 Å². The van der Waals surface area contributed by atoms with Crippen LogP contribution in [0.5, 0.6) is 0 Å². The average Bonchev–Trinajstić information content (AvgIpc) is 2.43. The molecule has 0 heterocycles. The number of rotatable bonds is 15. The summed E-state index contributed by atoms with van der Waals surface area (Å²) >= 11 is 0. The first-order chi connectivity index (χ1) is 9.72. The molecule has 0 rings (SSSR count). The van der Waals surface area contributed by atoms with E-state index in [4.69, 9.17) is 15.3 Å². The molecule has 0 bridgehead atoms. The molecule has 0 saturated heterocycles. The van der Waals surface area contributed by atoms with Crippen molar-refractivity contribution in [1.29, 1.82) is 0 Å². The van der Waals surface area contributed by atoms with Gasteiger partial charge in [0.1, 0.15) is 0 Å². The van der Waals surface area contributed by atoms with Crippen molar-refractivity contribution in [3.63, 3.8) is 0 Å². The standard InChI is InChI=1S/C16H32O4/c17-13-11-9-7-5-3-1-2-4-6-8-10-12-15(14-18)16(19)20/h15,17-18H,1-14H2,(H,19,20). The zero-order valence-electron chi connectivity index (χ0n) is 12.7. The van der Waals surface area contributed by atoms with Gasteiger partial charge in [-0.05, 0) is 12.8 Å². The molecule has 4 nitrogen and oxygen atoms in total. The molecule has 0 fully saturated rings. The zero-order valence-corrected chi connectivity index (χ0v) is 12.7. The molecule has 4 heteroatoms. The van der Waals surface area contributed by atoms with Crippen molar-refractivity contribution in [1.82, 2.24) is 0 Å². The van der Waals surface area contributed by atoms with Crippen molar-refractivity contribution >= 4 is 5.97 Å². The molecule has 0 radical (unpaired) electrons. The van der Waals surface area contributed by atoms with E-state index in [1.165, 1.54) is 44.9 Å². The molecule has 0 aromatic heterocycles. The third-order valence-electron chi connectivity index (χ3n) is 3.78. The van der Waals surface area contributed by atoms with Gasteiger partial charge in [-0.2, -0.15) is 0 Å². The van der Waals surface area contributed by atoms with Crippen molar-refractivity contribution < 1.29 is 20.1 Å². The lowest BCUT2D eigenvalue weighted by Gasteiger charge is -2.08. The molecule has 0 aromatic carbocycles. The van der Waals surface area contributed by atoms with Crippen LogP contribution in [-0.2, 0) is 4.79 Å². The van der Waals surface area contributed by atoms with Crippen LogP contribution in [0, 0.1) is 5.92 Å². The molecular weight excluding hydrogens is 256 g/mol. The van der Waals surface area contributed by atoms with Gasteiger partial charge < -0.3 is 15.3 Å². The third-order valence-corrected chi connectivity index (χ3v) is 3.78. The Morgan fingerprint density at radius 2 is 1.10 bits per heavy atom. The highest BCUT2D eigenvalue weighted by molar-refractivity contribution is 5.69. The maximum atomic E-state index is 10.7. The quantitative estimate of drug-likeness (QED) is 0.404. The van der Waals surface area contributed by atoms with E-state index in [0.29, 0.717) is 13.0 Å². The number of aliphatic hydroxyl groups is 2. The molecule has 20 heavy (non-hydrogen) atoms. The second-order valence-electron chi connectivity index (χ2n) is 5.62. The van der Waals surface area contributed by atoms with Gasteiger partial charge in [-0.1, -0.05) is 64.2 Å². The minimum atomic E-state index is -0.881. The molecule has 0 aliphatic carbocycles. The van der Waals surface area contributed by atoms with Crippen molar-refractivity contribution in [2.45, 2.75) is 77.0 Å². The topological polar surface area (TPSA) is 77.8 Å². The largest absolute Gasteiger partial charge is 0.481 e. The number of carboxylic acids is 1. The lowest BCUT2D eigenvalue weighted by atomic mass is 10.0. The number of carboxylic acid groups (broad SMARTS) is 1. The smallest absolute Gasteiger partial charge is 0.308 e. The Labute approximate surface area is 123 Å². The van der Waals surface area contributed by atoms with Gasteiger partial charge in [0, 0.05) is 6.61 Å². The molecule has 1 atom stereocenters. The van der Waals surface area contributed by atoms with Crippen molar-refractivity contribution in [3.8, 4) is 0 Å². The van der Waals surface area contributed by atoms with Crippen LogP contribution in [0.15, 0.2) is 0 Å². The van der Waals surface area contributed by atoms with E-state index in [0.717, 1.165) is 25.7 Å². The highest BCUT2D eigenvalue weighted by atomic mass is 16.4. The zero-order chi connectivity index (χ0) is 15.1. The number of unbranched alkanes of at least 4 members (excludes halogenated alkanes) is 10. The lowest BCUT2D eigenvalue weighted by Crippen LogP contribution is -2.17. The third kappa shape index (κ3) is 12.4. The van der Waals surface area contributed by atoms with Gasteiger partial charge in [0.25, 0.3) is 0 Å². The molecule has 0 saturated carbocycles. The van der Waals surface area contributed by atoms with E-state index in [1.54, 1.807) is 0 Å². The van der Waals surface area contributed by atoms with Crippen LogP contribution in [0.2, 0.25) is 0 Å². The Balaban J connectivity index is 3.15. The molecule has 0 spiro atoms. The fourth-order valence-corrected chi connectivity index (χ4v) is 2.39. The van der Waals surface area contributed by atoms with Crippen LogP contribution in [0.25, 0.3) is 0 Å². The summed E-state index contributed by atoms with van der Waals surface area (Å²) in [5, 5.41) is 26.3. The van der Waals surface area contributed by atoms with Gasteiger partial charge >= 0.3 is 5.97 Å². The van der Waals surface area contributed by atoms with Crippen LogP contribution in [0.1, 0.15) is 77.0 Å². The van der Waals surface area contributed by atoms with Gasteiger partial charge in [-0.15, -0.1) is 0 Å². The van der Waals surface area contributed by atoms with Crippen LogP contribution in [-0.4, -0.2) is 34.5 Å². The summed E-state index contributed by atoms with van der Waals surface area (Å²) in [6, 6.07) is 0. The summed E-state index contributed by atoms with van der Waals surface area (Å²) in [6.07, 6.45) is 13.4. The summed E-state index contributed by atoms with van der Waals surface area (Å²) in [6.45, 7) is 0.0740. The van der Waals surface area contributed by atoms with E-state index in [9.17, 15) is 4.79 Å². The fraction of sp³-hybridized carbons (Fsp3) is 0.938. The van der Waals surface area contributed by atoms with E-state index in [2.05, 4.69) is 0 Å². The normalized spacial score (nSPS) is 12.5. The first-order valence-corrected chi connectivity index (χ1v) is 8.17. The second-order valence-corrected chi connectivity index (χ2v) is 5.62. The number of aliphatic carboxylic acids is 1. The van der Waals surface area contributed by atoms with Crippen molar-refractivity contribution in [2.75, 3.05) is 13.2 Å². The maximum Gasteiger partial charge on any atom is 0.308 e. The van der Waals surface area contributed by atoms with Gasteiger partial charge in [0.2, 0.25) is 0 Å². The minimum Gasteiger partial charge on any atom is -0.481 e. The maximum absolute atomic E-state index is 10.7. The second kappa shape index (κ2) is 14.8. The Morgan fingerprint density at radius 1 is 0.700 bits per heavy atom. The summed E-state index contributed by atoms with van der Waals surface area (Å²) in [4.78, 5) is 10.7. The first-order valence-electron chi connectivity index (χ1n) is 8.17. The van der Waals surface area contributed by atoms with Crippen LogP contribution in [0.3, 0.4) is 0 Å². The molecule has 0 amide bonds. The van der Waals surface area contributed by atoms with Gasteiger partial charge in [-0.3, -0.25) is 4.79 Å². The molecule has 3 N–H and O–H groups in total. The Kier molecular flexibility index (Phi) is 14.3. The average molecular weight is 288 g/mol. The molecule has 0 aromatic rings. The predicted molar refractivity (Wildman–Crippen MR) is 80.7 cm³/mol. The number of carbonyl (C=O) groups is 1. The van der Waals surface area contributed by atoms with E-state index in [1.807, 2.05) is 0 Å². The lowest BCUT2D eigenvalue weighted by molar-refractivity contribution is -0.143. The van der Waals surface area contributed by atoms with Crippen LogP contribution in [0.4, 0.5) is 0 Å². The van der Waals surface area contributed by atoms with Crippen molar-refractivity contribution in [3.05, 3.63) is 0 Å². The van der Waals surface area contributed by atoms with E-state index >= 15 is 0 Å². The summed E-state index contributed by atoms with van der Waals surface area (Å²) < 4.78 is 0. The highest BCUT2D eigenvalue weighted by Gasteiger charge is 2.14. The Morgan fingerprint density at radius 3 is 1.45 bits per heavy atom. The highest BCUT2D eigenvalue weighted by Crippen LogP contribution is 2.14. The number of hydrogen-bond donors (Lipinski definition) is 3. The summed E-state index contributed by atoms with van der Waals surface area (Å²) in [5.41, 5.74) is 0. The Hall–Kier alpha value is -0.610. The Bertz CT molecular complexity index is 219. The fourth-order valence-electron chi connectivity index (χ4n) is 2.39. The monoisotopic (exact) mass is 288 g/mol. The molecule has 120 valence electrons. The van der Waals surface area contributed by atoms with E-state index < -0.39 is 11.9 Å². The van der Waals surface area contributed by atoms with Gasteiger partial charge in [0.15, 0.2) is 0 Å². The first kappa shape index (κ1) is 19.4. The van der Waals surface area contributed by atoms with E-state index in [-0.39, 0.29) is 6.61 Å². The van der Waals surface area contributed by atoms with Gasteiger partial charge in [0.05, 0.1) is 12.5 Å². The van der Waals surface area contributed by atoms with Crippen molar-refractivity contribution in [2.24, 2.45) is 5.92 Å². The number of hydrogen-bond acceptors (Lipinski definition) is 3. The van der Waals surface area contributed by atoms with Crippen LogP contribution >= 0.6 is 0 Å². The minimum absolute atomic E-state index is 0.244. The molecular formula is C16H32O4. The molecule has 1 unspecified atom stereocenters. The van der Waals surface area contributed by atoms with Crippen LogP contribution < -0.4 is 0 Å². The predicted octanol–water partition coefficient (Wildman–Crippen LogP) is 3.35. The SMILES string of the molecule is O=C(O)C(CO)CCCCCCCCCCCCCO. The number of aliphatic hydroxyl groups excluding tert-OH is 2. The summed E-state index contributed by atoms with van der Waals surface area (Å²) in [7, 11) is 0. The summed E-state index contributed by atoms with van der Waals surface area (Å²) in [5.74, 6) is -1.46. The molecule has 0 aliphatic rings.